The van der Waals surface area contributed by atoms with Crippen molar-refractivity contribution in [2.24, 2.45) is 0 Å². The SMILES string of the molecule is COC(=O)C=CC(=O)OCCN(C)S(C)=O. The highest BCUT2D eigenvalue weighted by Crippen LogP contribution is 1.89. The molecule has 0 radical (unpaired) electrons. The zero-order valence-electron chi connectivity index (χ0n) is 9.47. The summed E-state index contributed by atoms with van der Waals surface area (Å²) in [7, 11) is 1.77. The van der Waals surface area contributed by atoms with Crippen LogP contribution >= 0.6 is 0 Å². The summed E-state index contributed by atoms with van der Waals surface area (Å²) in [5, 5.41) is 0. The maximum absolute atomic E-state index is 11.0. The molecule has 0 amide bonds. The predicted molar refractivity (Wildman–Crippen MR) is 58.8 cm³/mol. The van der Waals surface area contributed by atoms with Crippen molar-refractivity contribution in [1.82, 2.24) is 4.31 Å². The second kappa shape index (κ2) is 8.00. The number of hydrogen-bond donors (Lipinski definition) is 0. The smallest absolute Gasteiger partial charge is 0.331 e. The Morgan fingerprint density at radius 3 is 2.38 bits per heavy atom. The first-order valence-corrected chi connectivity index (χ1v) is 5.96. The van der Waals surface area contributed by atoms with Gasteiger partial charge in [-0.1, -0.05) is 0 Å². The molecular formula is C9H15NO5S. The van der Waals surface area contributed by atoms with Crippen molar-refractivity contribution in [1.29, 1.82) is 0 Å². The van der Waals surface area contributed by atoms with E-state index in [1.807, 2.05) is 0 Å². The normalized spacial score (nSPS) is 12.8. The molecule has 0 saturated carbocycles. The average molecular weight is 249 g/mol. The monoisotopic (exact) mass is 249 g/mol. The maximum atomic E-state index is 11.0. The molecule has 0 aromatic rings. The van der Waals surface area contributed by atoms with Crippen molar-refractivity contribution in [3.05, 3.63) is 12.2 Å². The zero-order chi connectivity index (χ0) is 12.6. The van der Waals surface area contributed by atoms with Gasteiger partial charge in [-0.15, -0.1) is 0 Å². The summed E-state index contributed by atoms with van der Waals surface area (Å²) in [6.07, 6.45) is 3.48. The number of carbonyl (C=O) groups is 2. The summed E-state index contributed by atoms with van der Waals surface area (Å²) in [5.41, 5.74) is 0. The molecule has 0 rings (SSSR count). The van der Waals surface area contributed by atoms with Crippen LogP contribution < -0.4 is 0 Å². The van der Waals surface area contributed by atoms with Crippen LogP contribution in [0, 0.1) is 0 Å². The molecule has 0 saturated heterocycles. The van der Waals surface area contributed by atoms with Gasteiger partial charge in [0.15, 0.2) is 0 Å². The van der Waals surface area contributed by atoms with E-state index in [0.717, 1.165) is 12.2 Å². The first-order chi connectivity index (χ1) is 7.47. The number of nitrogens with zero attached hydrogens (tertiary/aromatic N) is 1. The van der Waals surface area contributed by atoms with E-state index in [4.69, 9.17) is 4.74 Å². The minimum atomic E-state index is -1.09. The molecule has 0 heterocycles. The van der Waals surface area contributed by atoms with Crippen LogP contribution in [0.5, 0.6) is 0 Å². The summed E-state index contributed by atoms with van der Waals surface area (Å²) in [4.78, 5) is 21.6. The van der Waals surface area contributed by atoms with E-state index < -0.39 is 22.9 Å². The van der Waals surface area contributed by atoms with E-state index in [1.165, 1.54) is 17.7 Å². The molecule has 0 N–H and O–H groups in total. The fourth-order valence-electron chi connectivity index (χ4n) is 0.656. The molecule has 1 atom stereocenters. The third kappa shape index (κ3) is 7.13. The average Bonchev–Trinajstić information content (AvgIpc) is 2.25. The largest absolute Gasteiger partial charge is 0.466 e. The lowest BCUT2D eigenvalue weighted by Gasteiger charge is -2.11. The molecule has 0 bridgehead atoms. The number of ether oxygens (including phenoxy) is 2. The predicted octanol–water partition coefficient (Wildman–Crippen LogP) is -0.516. The Morgan fingerprint density at radius 1 is 1.31 bits per heavy atom. The minimum Gasteiger partial charge on any atom is -0.466 e. The second-order valence-corrected chi connectivity index (χ2v) is 4.27. The van der Waals surface area contributed by atoms with Crippen LogP contribution in [0.1, 0.15) is 0 Å². The molecule has 6 nitrogen and oxygen atoms in total. The summed E-state index contributed by atoms with van der Waals surface area (Å²) in [5.74, 6) is -1.26. The highest BCUT2D eigenvalue weighted by Gasteiger charge is 2.03. The van der Waals surface area contributed by atoms with Crippen molar-refractivity contribution in [3.63, 3.8) is 0 Å². The van der Waals surface area contributed by atoms with Gasteiger partial charge in [-0.3, -0.25) is 0 Å². The topological polar surface area (TPSA) is 72.9 Å². The number of esters is 2. The second-order valence-electron chi connectivity index (χ2n) is 2.80. The van der Waals surface area contributed by atoms with Gasteiger partial charge in [0.25, 0.3) is 0 Å². The molecule has 0 fully saturated rings. The van der Waals surface area contributed by atoms with E-state index in [9.17, 15) is 13.8 Å². The molecule has 0 aromatic carbocycles. The van der Waals surface area contributed by atoms with Crippen LogP contribution in [0.3, 0.4) is 0 Å². The van der Waals surface area contributed by atoms with E-state index in [0.29, 0.717) is 6.54 Å². The van der Waals surface area contributed by atoms with Crippen molar-refractivity contribution in [2.75, 3.05) is 33.6 Å². The Labute approximate surface area is 96.8 Å². The number of hydrogen-bond acceptors (Lipinski definition) is 5. The number of carbonyl (C=O) groups excluding carboxylic acids is 2. The molecular weight excluding hydrogens is 234 g/mol. The Kier molecular flexibility index (Phi) is 7.40. The molecule has 7 heteroatoms. The third-order valence-electron chi connectivity index (χ3n) is 1.65. The molecule has 0 spiro atoms. The lowest BCUT2D eigenvalue weighted by atomic mass is 10.5. The number of methoxy groups -OCH3 is 1. The van der Waals surface area contributed by atoms with Gasteiger partial charge in [-0.25, -0.2) is 18.1 Å². The fourth-order valence-corrected chi connectivity index (χ4v) is 0.987. The van der Waals surface area contributed by atoms with Crippen molar-refractivity contribution in [2.45, 2.75) is 0 Å². The van der Waals surface area contributed by atoms with Crippen molar-refractivity contribution >= 4 is 22.9 Å². The van der Waals surface area contributed by atoms with Crippen LogP contribution in [-0.4, -0.2) is 54.0 Å². The van der Waals surface area contributed by atoms with Gasteiger partial charge in [-0.2, -0.15) is 0 Å². The van der Waals surface area contributed by atoms with Crippen molar-refractivity contribution in [3.8, 4) is 0 Å². The van der Waals surface area contributed by atoms with Gasteiger partial charge in [0.05, 0.1) is 18.1 Å². The van der Waals surface area contributed by atoms with Crippen LogP contribution in [-0.2, 0) is 30.0 Å². The maximum Gasteiger partial charge on any atom is 0.331 e. The minimum absolute atomic E-state index is 0.112. The third-order valence-corrected chi connectivity index (χ3v) is 2.71. The van der Waals surface area contributed by atoms with E-state index in [2.05, 4.69) is 4.74 Å². The van der Waals surface area contributed by atoms with Gasteiger partial charge in [0.1, 0.15) is 6.61 Å². The van der Waals surface area contributed by atoms with E-state index in [1.54, 1.807) is 7.05 Å². The lowest BCUT2D eigenvalue weighted by molar-refractivity contribution is -0.139. The molecule has 0 aliphatic rings. The molecule has 16 heavy (non-hydrogen) atoms. The van der Waals surface area contributed by atoms with Gasteiger partial charge < -0.3 is 9.47 Å². The summed E-state index contributed by atoms with van der Waals surface area (Å²) in [6, 6.07) is 0. The van der Waals surface area contributed by atoms with Crippen LogP contribution in [0.2, 0.25) is 0 Å². The molecule has 0 aromatic heterocycles. The Hall–Kier alpha value is -1.21. The van der Waals surface area contributed by atoms with Crippen LogP contribution in [0.25, 0.3) is 0 Å². The van der Waals surface area contributed by atoms with E-state index >= 15 is 0 Å². The Morgan fingerprint density at radius 2 is 1.88 bits per heavy atom. The Balaban J connectivity index is 3.78. The molecule has 1 unspecified atom stereocenters. The number of likely N-dealkylation sites (N-methyl/N-ethyl adjacent to an activating group) is 1. The zero-order valence-corrected chi connectivity index (χ0v) is 10.3. The van der Waals surface area contributed by atoms with E-state index in [-0.39, 0.29) is 6.61 Å². The lowest BCUT2D eigenvalue weighted by Crippen LogP contribution is -2.25. The van der Waals surface area contributed by atoms with Crippen LogP contribution in [0.15, 0.2) is 12.2 Å². The van der Waals surface area contributed by atoms with Gasteiger partial charge in [0.2, 0.25) is 0 Å². The first kappa shape index (κ1) is 14.8. The highest BCUT2D eigenvalue weighted by molar-refractivity contribution is 7.81. The molecule has 0 aliphatic heterocycles. The van der Waals surface area contributed by atoms with Gasteiger partial charge in [0, 0.05) is 25.0 Å². The van der Waals surface area contributed by atoms with Gasteiger partial charge in [-0.05, 0) is 7.05 Å². The molecule has 0 aliphatic carbocycles. The Bertz CT molecular complexity index is 302. The summed E-state index contributed by atoms with van der Waals surface area (Å²) < 4.78 is 21.5. The summed E-state index contributed by atoms with van der Waals surface area (Å²) >= 11 is 0. The molecule has 92 valence electrons. The highest BCUT2D eigenvalue weighted by atomic mass is 32.2. The van der Waals surface area contributed by atoms with Gasteiger partial charge >= 0.3 is 11.9 Å². The number of rotatable bonds is 6. The first-order valence-electron chi connectivity index (χ1n) is 4.45. The quantitative estimate of drug-likeness (QED) is 0.468. The van der Waals surface area contributed by atoms with Crippen molar-refractivity contribution < 1.29 is 23.3 Å². The standard InChI is InChI=1S/C9H15NO5S/c1-10(16(3)13)6-7-15-9(12)5-4-8(11)14-2/h4-5H,6-7H2,1-3H3. The fraction of sp³-hybridized carbons (Fsp3) is 0.556. The summed E-state index contributed by atoms with van der Waals surface area (Å²) in [6.45, 7) is 0.474. The van der Waals surface area contributed by atoms with Crippen LogP contribution in [0.4, 0.5) is 0 Å².